The van der Waals surface area contributed by atoms with E-state index in [0.717, 1.165) is 11.3 Å². The summed E-state index contributed by atoms with van der Waals surface area (Å²) in [4.78, 5) is 0. The Hall–Kier alpha value is -1.25. The highest BCUT2D eigenvalue weighted by Crippen LogP contribution is 2.23. The third-order valence-electron chi connectivity index (χ3n) is 2.57. The molecule has 0 saturated heterocycles. The summed E-state index contributed by atoms with van der Waals surface area (Å²) in [6.07, 6.45) is 2.32. The van der Waals surface area contributed by atoms with Gasteiger partial charge >= 0.3 is 0 Å². The van der Waals surface area contributed by atoms with E-state index in [-0.39, 0.29) is 12.5 Å². The third kappa shape index (κ3) is 2.65. The molecular formula is C13H13ClO2. The number of rotatable bonds is 4. The van der Waals surface area contributed by atoms with E-state index in [0.29, 0.717) is 11.4 Å². The van der Waals surface area contributed by atoms with Crippen LogP contribution in [0.1, 0.15) is 17.2 Å². The van der Waals surface area contributed by atoms with Crippen LogP contribution < -0.4 is 0 Å². The molecule has 0 amide bonds. The first-order valence-corrected chi connectivity index (χ1v) is 5.56. The Labute approximate surface area is 99.5 Å². The fourth-order valence-electron chi connectivity index (χ4n) is 1.72. The molecule has 2 nitrogen and oxygen atoms in total. The SMILES string of the molecule is OCC(Cc1ccco1)c1cccc(Cl)c1. The summed E-state index contributed by atoms with van der Waals surface area (Å²) in [6, 6.07) is 11.3. The summed E-state index contributed by atoms with van der Waals surface area (Å²) >= 11 is 5.92. The summed E-state index contributed by atoms with van der Waals surface area (Å²) < 4.78 is 5.27. The number of furan rings is 1. The van der Waals surface area contributed by atoms with Crippen LogP contribution in [0.5, 0.6) is 0 Å². The van der Waals surface area contributed by atoms with E-state index in [1.54, 1.807) is 6.26 Å². The fraction of sp³-hybridized carbons (Fsp3) is 0.231. The van der Waals surface area contributed by atoms with Crippen LogP contribution in [0.3, 0.4) is 0 Å². The number of hydrogen-bond donors (Lipinski definition) is 1. The topological polar surface area (TPSA) is 33.4 Å². The number of aliphatic hydroxyl groups is 1. The van der Waals surface area contributed by atoms with Crippen molar-refractivity contribution in [3.05, 3.63) is 59.0 Å². The minimum absolute atomic E-state index is 0.0323. The van der Waals surface area contributed by atoms with Crippen molar-refractivity contribution in [3.63, 3.8) is 0 Å². The van der Waals surface area contributed by atoms with Crippen molar-refractivity contribution < 1.29 is 9.52 Å². The van der Waals surface area contributed by atoms with Gasteiger partial charge in [0.25, 0.3) is 0 Å². The molecule has 0 bridgehead atoms. The first-order chi connectivity index (χ1) is 7.79. The molecule has 1 heterocycles. The molecule has 1 unspecified atom stereocenters. The minimum atomic E-state index is 0.0323. The molecule has 84 valence electrons. The quantitative estimate of drug-likeness (QED) is 0.884. The third-order valence-corrected chi connectivity index (χ3v) is 2.80. The van der Waals surface area contributed by atoms with Crippen molar-refractivity contribution in [1.82, 2.24) is 0 Å². The van der Waals surface area contributed by atoms with Crippen LogP contribution in [-0.2, 0) is 6.42 Å². The summed E-state index contributed by atoms with van der Waals surface area (Å²) in [6.45, 7) is 0.0844. The zero-order chi connectivity index (χ0) is 11.4. The molecule has 2 rings (SSSR count). The predicted octanol–water partition coefficient (Wildman–Crippen LogP) is 3.25. The zero-order valence-corrected chi connectivity index (χ0v) is 9.52. The van der Waals surface area contributed by atoms with Gasteiger partial charge < -0.3 is 9.52 Å². The Morgan fingerprint density at radius 3 is 2.75 bits per heavy atom. The van der Waals surface area contributed by atoms with Gasteiger partial charge in [0.15, 0.2) is 0 Å². The van der Waals surface area contributed by atoms with Gasteiger partial charge in [0.2, 0.25) is 0 Å². The van der Waals surface area contributed by atoms with Crippen molar-refractivity contribution in [2.75, 3.05) is 6.61 Å². The lowest BCUT2D eigenvalue weighted by atomic mass is 9.95. The highest BCUT2D eigenvalue weighted by atomic mass is 35.5. The van der Waals surface area contributed by atoms with Gasteiger partial charge in [0.1, 0.15) is 5.76 Å². The summed E-state index contributed by atoms with van der Waals surface area (Å²) in [5.74, 6) is 0.906. The maximum absolute atomic E-state index is 9.38. The number of hydrogen-bond acceptors (Lipinski definition) is 2. The lowest BCUT2D eigenvalue weighted by Crippen LogP contribution is -2.07. The van der Waals surface area contributed by atoms with Crippen LogP contribution in [0.25, 0.3) is 0 Å². The van der Waals surface area contributed by atoms with Crippen LogP contribution >= 0.6 is 11.6 Å². The van der Waals surface area contributed by atoms with Crippen molar-refractivity contribution >= 4 is 11.6 Å². The average molecular weight is 237 g/mol. The van der Waals surface area contributed by atoms with Crippen molar-refractivity contribution in [2.24, 2.45) is 0 Å². The molecule has 1 aromatic heterocycles. The molecule has 0 saturated carbocycles. The fourth-order valence-corrected chi connectivity index (χ4v) is 1.92. The Bertz CT molecular complexity index is 437. The molecule has 16 heavy (non-hydrogen) atoms. The molecule has 0 radical (unpaired) electrons. The van der Waals surface area contributed by atoms with Gasteiger partial charge in [-0.05, 0) is 29.8 Å². The molecule has 0 aliphatic rings. The molecule has 1 atom stereocenters. The molecular weight excluding hydrogens is 224 g/mol. The second-order valence-electron chi connectivity index (χ2n) is 3.72. The molecule has 3 heteroatoms. The Morgan fingerprint density at radius 1 is 1.25 bits per heavy atom. The van der Waals surface area contributed by atoms with Crippen molar-refractivity contribution in [2.45, 2.75) is 12.3 Å². The highest BCUT2D eigenvalue weighted by molar-refractivity contribution is 6.30. The Kier molecular flexibility index (Phi) is 3.65. The van der Waals surface area contributed by atoms with Gasteiger partial charge in [-0.25, -0.2) is 0 Å². The largest absolute Gasteiger partial charge is 0.469 e. The lowest BCUT2D eigenvalue weighted by Gasteiger charge is -2.13. The van der Waals surface area contributed by atoms with Crippen LogP contribution in [0.2, 0.25) is 5.02 Å². The molecule has 1 aromatic carbocycles. The Balaban J connectivity index is 2.16. The maximum Gasteiger partial charge on any atom is 0.104 e. The van der Waals surface area contributed by atoms with E-state index in [4.69, 9.17) is 16.0 Å². The summed E-state index contributed by atoms with van der Waals surface area (Å²) in [5.41, 5.74) is 1.03. The van der Waals surface area contributed by atoms with E-state index < -0.39 is 0 Å². The van der Waals surface area contributed by atoms with E-state index in [9.17, 15) is 5.11 Å². The zero-order valence-electron chi connectivity index (χ0n) is 8.77. The molecule has 0 aliphatic carbocycles. The lowest BCUT2D eigenvalue weighted by molar-refractivity contribution is 0.259. The Morgan fingerprint density at radius 2 is 2.12 bits per heavy atom. The number of aliphatic hydroxyl groups excluding tert-OH is 1. The molecule has 0 aliphatic heterocycles. The monoisotopic (exact) mass is 236 g/mol. The van der Waals surface area contributed by atoms with E-state index in [1.165, 1.54) is 0 Å². The second-order valence-corrected chi connectivity index (χ2v) is 4.15. The van der Waals surface area contributed by atoms with E-state index >= 15 is 0 Å². The second kappa shape index (κ2) is 5.19. The molecule has 2 aromatic rings. The van der Waals surface area contributed by atoms with Gasteiger partial charge in [-0.15, -0.1) is 0 Å². The van der Waals surface area contributed by atoms with Crippen molar-refractivity contribution in [1.29, 1.82) is 0 Å². The van der Waals surface area contributed by atoms with Crippen LogP contribution in [0.15, 0.2) is 47.1 Å². The standard InChI is InChI=1S/C13H13ClO2/c14-12-4-1-3-10(7-12)11(9-15)8-13-5-2-6-16-13/h1-7,11,15H,8-9H2. The van der Waals surface area contributed by atoms with E-state index in [1.807, 2.05) is 36.4 Å². The van der Waals surface area contributed by atoms with Crippen LogP contribution in [0.4, 0.5) is 0 Å². The summed E-state index contributed by atoms with van der Waals surface area (Å²) in [7, 11) is 0. The predicted molar refractivity (Wildman–Crippen MR) is 63.7 cm³/mol. The van der Waals surface area contributed by atoms with Gasteiger partial charge in [0, 0.05) is 17.4 Å². The van der Waals surface area contributed by atoms with Crippen LogP contribution in [-0.4, -0.2) is 11.7 Å². The summed E-state index contributed by atoms with van der Waals surface area (Å²) in [5, 5.41) is 10.1. The molecule has 0 fully saturated rings. The normalized spacial score (nSPS) is 12.6. The first-order valence-electron chi connectivity index (χ1n) is 5.18. The average Bonchev–Trinajstić information content (AvgIpc) is 2.78. The number of benzene rings is 1. The van der Waals surface area contributed by atoms with Gasteiger partial charge in [0.05, 0.1) is 12.9 Å². The van der Waals surface area contributed by atoms with Gasteiger partial charge in [-0.3, -0.25) is 0 Å². The number of halogens is 1. The van der Waals surface area contributed by atoms with Gasteiger partial charge in [-0.2, -0.15) is 0 Å². The van der Waals surface area contributed by atoms with Crippen molar-refractivity contribution in [3.8, 4) is 0 Å². The molecule has 1 N–H and O–H groups in total. The minimum Gasteiger partial charge on any atom is -0.469 e. The first kappa shape index (κ1) is 11.2. The van der Waals surface area contributed by atoms with E-state index in [2.05, 4.69) is 0 Å². The maximum atomic E-state index is 9.38. The molecule has 0 spiro atoms. The van der Waals surface area contributed by atoms with Gasteiger partial charge in [-0.1, -0.05) is 23.7 Å². The smallest absolute Gasteiger partial charge is 0.104 e. The highest BCUT2D eigenvalue weighted by Gasteiger charge is 2.13. The van der Waals surface area contributed by atoms with Crippen LogP contribution in [0, 0.1) is 0 Å².